The lowest BCUT2D eigenvalue weighted by Crippen LogP contribution is -2.29. The van der Waals surface area contributed by atoms with Crippen LogP contribution in [0.2, 0.25) is 0 Å². The van der Waals surface area contributed by atoms with Gasteiger partial charge in [-0.1, -0.05) is 0 Å². The molecular formula is C16H18F3N5. The first-order valence-corrected chi connectivity index (χ1v) is 7.74. The van der Waals surface area contributed by atoms with E-state index in [9.17, 15) is 13.2 Å². The topological polar surface area (TPSA) is 53.9 Å². The molecule has 24 heavy (non-hydrogen) atoms. The van der Waals surface area contributed by atoms with E-state index in [1.165, 1.54) is 12.3 Å². The maximum absolute atomic E-state index is 13.0. The number of pyridine rings is 1. The quantitative estimate of drug-likeness (QED) is 0.930. The first-order valence-electron chi connectivity index (χ1n) is 7.74. The Balaban J connectivity index is 1.81. The molecule has 0 spiro atoms. The molecule has 3 heterocycles. The van der Waals surface area contributed by atoms with Crippen molar-refractivity contribution in [1.29, 1.82) is 0 Å². The second-order valence-electron chi connectivity index (χ2n) is 5.90. The number of aromatic nitrogens is 3. The Labute approximate surface area is 138 Å². The van der Waals surface area contributed by atoms with Crippen LogP contribution in [0.4, 0.5) is 24.9 Å². The molecule has 0 radical (unpaired) electrons. The van der Waals surface area contributed by atoms with Crippen molar-refractivity contribution in [3.63, 3.8) is 0 Å². The van der Waals surface area contributed by atoms with Crippen LogP contribution < -0.4 is 5.32 Å². The number of nitrogens with one attached hydrogen (secondary N) is 1. The van der Waals surface area contributed by atoms with Gasteiger partial charge in [-0.3, -0.25) is 0 Å². The van der Waals surface area contributed by atoms with Gasteiger partial charge in [0.15, 0.2) is 0 Å². The van der Waals surface area contributed by atoms with Gasteiger partial charge in [0.25, 0.3) is 0 Å². The number of rotatable bonds is 3. The number of nitrogens with zero attached hydrogens (tertiary/aromatic N) is 4. The number of halogens is 3. The molecule has 0 bridgehead atoms. The average molecular weight is 337 g/mol. The van der Waals surface area contributed by atoms with Crippen LogP contribution in [-0.2, 0) is 6.18 Å². The lowest BCUT2D eigenvalue weighted by molar-refractivity contribution is -0.137. The SMILES string of the molecule is CN1CCC(c2ccnc(Nc3ncccc3C(F)(F)F)n2)CC1. The minimum absolute atomic E-state index is 0.135. The summed E-state index contributed by atoms with van der Waals surface area (Å²) in [7, 11) is 2.07. The molecule has 5 nitrogen and oxygen atoms in total. The van der Waals surface area contributed by atoms with Gasteiger partial charge in [-0.05, 0) is 51.2 Å². The summed E-state index contributed by atoms with van der Waals surface area (Å²) in [6.45, 7) is 1.96. The van der Waals surface area contributed by atoms with Gasteiger partial charge in [0.1, 0.15) is 5.82 Å². The van der Waals surface area contributed by atoms with E-state index in [1.807, 2.05) is 6.07 Å². The predicted octanol–water partition coefficient (Wildman–Crippen LogP) is 3.44. The summed E-state index contributed by atoms with van der Waals surface area (Å²) in [4.78, 5) is 14.4. The van der Waals surface area contributed by atoms with Crippen molar-refractivity contribution in [2.45, 2.75) is 24.9 Å². The van der Waals surface area contributed by atoms with Crippen LogP contribution in [0.5, 0.6) is 0 Å². The molecular weight excluding hydrogens is 319 g/mol. The van der Waals surface area contributed by atoms with E-state index in [-0.39, 0.29) is 11.8 Å². The molecule has 128 valence electrons. The van der Waals surface area contributed by atoms with Crippen molar-refractivity contribution < 1.29 is 13.2 Å². The standard InChI is InChI=1S/C16H18F3N5/c1-24-9-5-11(6-10-24)13-4-8-21-15(22-13)23-14-12(16(17,18)19)3-2-7-20-14/h2-4,7-8,11H,5-6,9-10H2,1H3,(H,20,21,22,23). The number of anilines is 2. The molecule has 0 saturated carbocycles. The summed E-state index contributed by atoms with van der Waals surface area (Å²) in [6, 6.07) is 4.06. The van der Waals surface area contributed by atoms with Crippen LogP contribution in [-0.4, -0.2) is 40.0 Å². The van der Waals surface area contributed by atoms with Crippen LogP contribution >= 0.6 is 0 Å². The summed E-state index contributed by atoms with van der Waals surface area (Å²) >= 11 is 0. The van der Waals surface area contributed by atoms with Gasteiger partial charge in [-0.2, -0.15) is 13.2 Å². The maximum atomic E-state index is 13.0. The van der Waals surface area contributed by atoms with Crippen LogP contribution in [0.25, 0.3) is 0 Å². The van der Waals surface area contributed by atoms with E-state index < -0.39 is 11.7 Å². The third kappa shape index (κ3) is 3.81. The molecule has 0 aliphatic carbocycles. The van der Waals surface area contributed by atoms with E-state index >= 15 is 0 Å². The molecule has 0 atom stereocenters. The van der Waals surface area contributed by atoms with Crippen LogP contribution in [0, 0.1) is 0 Å². The third-order valence-corrected chi connectivity index (χ3v) is 4.16. The molecule has 0 aromatic carbocycles. The van der Waals surface area contributed by atoms with Gasteiger partial charge in [0.05, 0.1) is 5.56 Å². The van der Waals surface area contributed by atoms with Crippen molar-refractivity contribution in [2.24, 2.45) is 0 Å². The number of piperidine rings is 1. The molecule has 3 rings (SSSR count). The second kappa shape index (κ2) is 6.72. The normalized spacial score (nSPS) is 17.0. The van der Waals surface area contributed by atoms with Gasteiger partial charge in [-0.15, -0.1) is 0 Å². The van der Waals surface area contributed by atoms with E-state index in [2.05, 4.69) is 32.2 Å². The Morgan fingerprint density at radius 1 is 1.12 bits per heavy atom. The second-order valence-corrected chi connectivity index (χ2v) is 5.90. The number of alkyl halides is 3. The highest BCUT2D eigenvalue weighted by molar-refractivity contribution is 5.54. The van der Waals surface area contributed by atoms with Gasteiger partial charge in [0, 0.05) is 24.0 Å². The Morgan fingerprint density at radius 2 is 1.88 bits per heavy atom. The zero-order valence-electron chi connectivity index (χ0n) is 13.2. The zero-order chi connectivity index (χ0) is 17.2. The van der Waals surface area contributed by atoms with Crippen molar-refractivity contribution >= 4 is 11.8 Å². The van der Waals surface area contributed by atoms with Crippen molar-refractivity contribution in [3.8, 4) is 0 Å². The molecule has 8 heteroatoms. The average Bonchev–Trinajstić information content (AvgIpc) is 2.55. The first kappa shape index (κ1) is 16.6. The molecule has 1 aliphatic heterocycles. The van der Waals surface area contributed by atoms with Gasteiger partial charge < -0.3 is 10.2 Å². The fourth-order valence-electron chi connectivity index (χ4n) is 2.80. The highest BCUT2D eigenvalue weighted by Gasteiger charge is 2.34. The Bertz CT molecular complexity index is 696. The molecule has 0 amide bonds. The monoisotopic (exact) mass is 337 g/mol. The number of hydrogen-bond acceptors (Lipinski definition) is 5. The lowest BCUT2D eigenvalue weighted by Gasteiger charge is -2.28. The highest BCUT2D eigenvalue weighted by Crippen LogP contribution is 2.34. The summed E-state index contributed by atoms with van der Waals surface area (Å²) in [6.07, 6.45) is 0.342. The highest BCUT2D eigenvalue weighted by atomic mass is 19.4. The molecule has 1 saturated heterocycles. The van der Waals surface area contributed by atoms with Gasteiger partial charge >= 0.3 is 6.18 Å². The largest absolute Gasteiger partial charge is 0.419 e. The smallest absolute Gasteiger partial charge is 0.308 e. The Morgan fingerprint density at radius 3 is 2.58 bits per heavy atom. The van der Waals surface area contributed by atoms with E-state index in [4.69, 9.17) is 0 Å². The molecule has 2 aromatic rings. The van der Waals surface area contributed by atoms with E-state index in [1.54, 1.807) is 6.20 Å². The summed E-state index contributed by atoms with van der Waals surface area (Å²) < 4.78 is 39.1. The van der Waals surface area contributed by atoms with Gasteiger partial charge in [-0.25, -0.2) is 15.0 Å². The zero-order valence-corrected chi connectivity index (χ0v) is 13.2. The fourth-order valence-corrected chi connectivity index (χ4v) is 2.80. The molecule has 1 N–H and O–H groups in total. The van der Waals surface area contributed by atoms with Crippen molar-refractivity contribution in [1.82, 2.24) is 19.9 Å². The van der Waals surface area contributed by atoms with Crippen LogP contribution in [0.3, 0.4) is 0 Å². The van der Waals surface area contributed by atoms with Gasteiger partial charge in [0.2, 0.25) is 5.95 Å². The number of likely N-dealkylation sites (tertiary alicyclic amines) is 1. The summed E-state index contributed by atoms with van der Waals surface area (Å²) in [5.74, 6) is 0.150. The molecule has 1 fully saturated rings. The third-order valence-electron chi connectivity index (χ3n) is 4.16. The molecule has 2 aromatic heterocycles. The van der Waals surface area contributed by atoms with Crippen molar-refractivity contribution in [2.75, 3.05) is 25.5 Å². The summed E-state index contributed by atoms with van der Waals surface area (Å²) in [5, 5.41) is 2.60. The lowest BCUT2D eigenvalue weighted by atomic mass is 9.94. The minimum Gasteiger partial charge on any atom is -0.308 e. The fraction of sp³-hybridized carbons (Fsp3) is 0.438. The van der Waals surface area contributed by atoms with Crippen LogP contribution in [0.1, 0.15) is 30.0 Å². The predicted molar refractivity (Wildman–Crippen MR) is 84.0 cm³/mol. The molecule has 0 unspecified atom stereocenters. The Hall–Kier alpha value is -2.22. The Kier molecular flexibility index (Phi) is 4.66. The first-order chi connectivity index (χ1) is 11.4. The maximum Gasteiger partial charge on any atom is 0.419 e. The molecule has 1 aliphatic rings. The van der Waals surface area contributed by atoms with Crippen molar-refractivity contribution in [3.05, 3.63) is 41.9 Å². The van der Waals surface area contributed by atoms with Crippen LogP contribution in [0.15, 0.2) is 30.6 Å². The minimum atomic E-state index is -4.48. The van der Waals surface area contributed by atoms with E-state index in [0.717, 1.165) is 37.7 Å². The number of hydrogen-bond donors (Lipinski definition) is 1. The van der Waals surface area contributed by atoms with E-state index in [0.29, 0.717) is 5.92 Å². The summed E-state index contributed by atoms with van der Waals surface area (Å²) in [5.41, 5.74) is 0.0170.